The van der Waals surface area contributed by atoms with Crippen LogP contribution in [0.25, 0.3) is 6.08 Å². The van der Waals surface area contributed by atoms with E-state index in [0.29, 0.717) is 23.3 Å². The number of nitrogens with one attached hydrogen (secondary N) is 1. The van der Waals surface area contributed by atoms with Crippen LogP contribution in [0.2, 0.25) is 0 Å². The third-order valence-electron chi connectivity index (χ3n) is 4.05. The molecule has 1 aromatic heterocycles. The van der Waals surface area contributed by atoms with Crippen molar-refractivity contribution in [3.8, 4) is 6.07 Å². The summed E-state index contributed by atoms with van der Waals surface area (Å²) in [6.45, 7) is 4.12. The SMILES string of the molecule is Cc1cccc(NC(=O)/C(C#N)=C/c2ccc([C@H]3C[C@@H]3C)o2)c1. The third-order valence-corrected chi connectivity index (χ3v) is 4.05. The Morgan fingerprint density at radius 2 is 2.17 bits per heavy atom. The zero-order valence-electron chi connectivity index (χ0n) is 13.2. The van der Waals surface area contributed by atoms with E-state index >= 15 is 0 Å². The average Bonchev–Trinajstić information content (AvgIpc) is 3.07. The van der Waals surface area contributed by atoms with Crippen LogP contribution in [-0.2, 0) is 4.79 Å². The number of aryl methyl sites for hydroxylation is 1. The second-order valence-corrected chi connectivity index (χ2v) is 6.05. The van der Waals surface area contributed by atoms with E-state index in [0.717, 1.165) is 17.7 Å². The van der Waals surface area contributed by atoms with E-state index in [-0.39, 0.29) is 5.57 Å². The minimum absolute atomic E-state index is 0.0243. The number of carbonyl (C=O) groups is 1. The molecule has 23 heavy (non-hydrogen) atoms. The molecule has 0 radical (unpaired) electrons. The lowest BCUT2D eigenvalue weighted by Gasteiger charge is -2.04. The smallest absolute Gasteiger partial charge is 0.266 e. The number of nitrogens with zero attached hydrogens (tertiary/aromatic N) is 1. The molecule has 3 rings (SSSR count). The molecule has 4 nitrogen and oxygen atoms in total. The quantitative estimate of drug-likeness (QED) is 0.678. The first kappa shape index (κ1) is 15.1. The van der Waals surface area contributed by atoms with Gasteiger partial charge in [-0.15, -0.1) is 0 Å². The zero-order valence-corrected chi connectivity index (χ0v) is 13.2. The molecule has 0 spiro atoms. The molecule has 1 aliphatic rings. The zero-order chi connectivity index (χ0) is 16.4. The van der Waals surface area contributed by atoms with Crippen LogP contribution in [0.1, 0.15) is 36.3 Å². The number of rotatable bonds is 4. The molecule has 4 heteroatoms. The van der Waals surface area contributed by atoms with Gasteiger partial charge in [0.05, 0.1) is 0 Å². The van der Waals surface area contributed by atoms with Gasteiger partial charge in [0, 0.05) is 17.7 Å². The Hall–Kier alpha value is -2.80. The van der Waals surface area contributed by atoms with Crippen LogP contribution in [0, 0.1) is 24.2 Å². The number of hydrogen-bond donors (Lipinski definition) is 1. The predicted octanol–water partition coefficient (Wildman–Crippen LogP) is 4.26. The number of amides is 1. The first-order chi connectivity index (χ1) is 11.1. The highest BCUT2D eigenvalue weighted by atomic mass is 16.3. The summed E-state index contributed by atoms with van der Waals surface area (Å²) in [5.74, 6) is 2.16. The van der Waals surface area contributed by atoms with Gasteiger partial charge in [-0.05, 0) is 49.1 Å². The van der Waals surface area contributed by atoms with Crippen LogP contribution in [0.5, 0.6) is 0 Å². The van der Waals surface area contributed by atoms with Crippen molar-refractivity contribution in [1.29, 1.82) is 5.26 Å². The van der Waals surface area contributed by atoms with Gasteiger partial charge in [0.2, 0.25) is 0 Å². The number of nitriles is 1. The molecule has 1 N–H and O–H groups in total. The van der Waals surface area contributed by atoms with Crippen molar-refractivity contribution in [1.82, 2.24) is 0 Å². The highest BCUT2D eigenvalue weighted by Crippen LogP contribution is 2.47. The fourth-order valence-electron chi connectivity index (χ4n) is 2.58. The number of carbonyl (C=O) groups excluding carboxylic acids is 1. The summed E-state index contributed by atoms with van der Waals surface area (Å²) >= 11 is 0. The standard InChI is InChI=1S/C19H18N2O2/c1-12-4-3-5-15(8-12)21-19(22)14(11-20)10-16-6-7-18(23-16)17-9-13(17)2/h3-8,10,13,17H,9H2,1-2H3,(H,21,22)/b14-10+/t13-,17-/m0/s1. The maximum absolute atomic E-state index is 12.2. The van der Waals surface area contributed by atoms with Crippen molar-refractivity contribution in [2.24, 2.45) is 5.92 Å². The third kappa shape index (κ3) is 3.51. The lowest BCUT2D eigenvalue weighted by Crippen LogP contribution is -2.13. The summed E-state index contributed by atoms with van der Waals surface area (Å²) in [5, 5.41) is 12.0. The molecule has 1 heterocycles. The van der Waals surface area contributed by atoms with Gasteiger partial charge in [-0.2, -0.15) is 5.26 Å². The average molecular weight is 306 g/mol. The van der Waals surface area contributed by atoms with Crippen LogP contribution in [0.3, 0.4) is 0 Å². The fraction of sp³-hybridized carbons (Fsp3) is 0.263. The Kier molecular flexibility index (Phi) is 4.03. The Morgan fingerprint density at radius 3 is 2.83 bits per heavy atom. The molecule has 1 aliphatic carbocycles. The Labute approximate surface area is 135 Å². The van der Waals surface area contributed by atoms with Crippen LogP contribution in [-0.4, -0.2) is 5.91 Å². The van der Waals surface area contributed by atoms with Crippen LogP contribution >= 0.6 is 0 Å². The molecule has 1 amide bonds. The largest absolute Gasteiger partial charge is 0.461 e. The number of furan rings is 1. The summed E-state index contributed by atoms with van der Waals surface area (Å²) in [4.78, 5) is 12.2. The molecule has 2 atom stereocenters. The van der Waals surface area contributed by atoms with E-state index in [9.17, 15) is 10.1 Å². The van der Waals surface area contributed by atoms with Gasteiger partial charge in [0.15, 0.2) is 0 Å². The van der Waals surface area contributed by atoms with Gasteiger partial charge in [0.1, 0.15) is 23.2 Å². The maximum Gasteiger partial charge on any atom is 0.266 e. The van der Waals surface area contributed by atoms with Crippen LogP contribution < -0.4 is 5.32 Å². The van der Waals surface area contributed by atoms with E-state index in [1.165, 1.54) is 6.08 Å². The summed E-state index contributed by atoms with van der Waals surface area (Å²) < 4.78 is 5.72. The molecule has 0 bridgehead atoms. The molecule has 1 aromatic carbocycles. The van der Waals surface area contributed by atoms with Crippen molar-refractivity contribution in [2.75, 3.05) is 5.32 Å². The first-order valence-electron chi connectivity index (χ1n) is 7.66. The van der Waals surface area contributed by atoms with Gasteiger partial charge in [-0.3, -0.25) is 4.79 Å². The molecule has 1 saturated carbocycles. The van der Waals surface area contributed by atoms with E-state index in [2.05, 4.69) is 12.2 Å². The van der Waals surface area contributed by atoms with Crippen LogP contribution in [0.15, 0.2) is 46.4 Å². The van der Waals surface area contributed by atoms with E-state index in [1.807, 2.05) is 37.3 Å². The molecule has 116 valence electrons. The predicted molar refractivity (Wildman–Crippen MR) is 88.6 cm³/mol. The topological polar surface area (TPSA) is 66.0 Å². The van der Waals surface area contributed by atoms with E-state index in [4.69, 9.17) is 4.42 Å². The highest BCUT2D eigenvalue weighted by molar-refractivity contribution is 6.09. The molecule has 0 saturated heterocycles. The molecular weight excluding hydrogens is 288 g/mol. The molecule has 0 aliphatic heterocycles. The number of hydrogen-bond acceptors (Lipinski definition) is 3. The first-order valence-corrected chi connectivity index (χ1v) is 7.66. The Bertz CT molecular complexity index is 811. The van der Waals surface area contributed by atoms with Gasteiger partial charge >= 0.3 is 0 Å². The van der Waals surface area contributed by atoms with Crippen molar-refractivity contribution >= 4 is 17.7 Å². The van der Waals surface area contributed by atoms with Gasteiger partial charge in [0.25, 0.3) is 5.91 Å². The molecule has 0 unspecified atom stereocenters. The second-order valence-electron chi connectivity index (χ2n) is 6.05. The lowest BCUT2D eigenvalue weighted by molar-refractivity contribution is -0.112. The van der Waals surface area contributed by atoms with E-state index in [1.54, 1.807) is 12.1 Å². The Balaban J connectivity index is 1.74. The van der Waals surface area contributed by atoms with Crippen molar-refractivity contribution < 1.29 is 9.21 Å². The molecule has 1 fully saturated rings. The summed E-state index contributed by atoms with van der Waals surface area (Å²) in [5.41, 5.74) is 1.74. The highest BCUT2D eigenvalue weighted by Gasteiger charge is 2.36. The van der Waals surface area contributed by atoms with Gasteiger partial charge < -0.3 is 9.73 Å². The summed E-state index contributed by atoms with van der Waals surface area (Å²) in [6, 6.07) is 13.1. The van der Waals surface area contributed by atoms with E-state index < -0.39 is 5.91 Å². The fourth-order valence-corrected chi connectivity index (χ4v) is 2.58. The minimum atomic E-state index is -0.434. The maximum atomic E-state index is 12.2. The number of anilines is 1. The Morgan fingerprint density at radius 1 is 1.39 bits per heavy atom. The minimum Gasteiger partial charge on any atom is -0.461 e. The number of benzene rings is 1. The van der Waals surface area contributed by atoms with Crippen molar-refractivity contribution in [2.45, 2.75) is 26.2 Å². The lowest BCUT2D eigenvalue weighted by atomic mass is 10.2. The molecular formula is C19H18N2O2. The normalized spacial score (nSPS) is 20.0. The summed E-state index contributed by atoms with van der Waals surface area (Å²) in [7, 11) is 0. The molecule has 2 aromatic rings. The summed E-state index contributed by atoms with van der Waals surface area (Å²) in [6.07, 6.45) is 2.62. The van der Waals surface area contributed by atoms with Gasteiger partial charge in [-0.1, -0.05) is 19.1 Å². The van der Waals surface area contributed by atoms with Crippen molar-refractivity contribution in [3.63, 3.8) is 0 Å². The monoisotopic (exact) mass is 306 g/mol. The second kappa shape index (κ2) is 6.13. The van der Waals surface area contributed by atoms with Crippen molar-refractivity contribution in [3.05, 3.63) is 59.1 Å². The van der Waals surface area contributed by atoms with Crippen LogP contribution in [0.4, 0.5) is 5.69 Å². The van der Waals surface area contributed by atoms with Gasteiger partial charge in [-0.25, -0.2) is 0 Å².